The molecule has 0 atom stereocenters. The Kier molecular flexibility index (Phi) is 6.40. The number of rotatable bonds is 7. The predicted octanol–water partition coefficient (Wildman–Crippen LogP) is 2.65. The molecular formula is C19H22F3N5O2. The molecule has 1 amide bonds. The summed E-state index contributed by atoms with van der Waals surface area (Å²) in [6, 6.07) is 2.34. The number of carbonyl (C=O) groups excluding carboxylic acids is 1. The summed E-state index contributed by atoms with van der Waals surface area (Å²) < 4.78 is 45.7. The van der Waals surface area contributed by atoms with Crippen molar-refractivity contribution < 1.29 is 22.7 Å². The van der Waals surface area contributed by atoms with E-state index in [1.165, 1.54) is 0 Å². The van der Waals surface area contributed by atoms with E-state index >= 15 is 0 Å². The van der Waals surface area contributed by atoms with Gasteiger partial charge < -0.3 is 20.3 Å². The number of anilines is 2. The number of carbonyl (C=O) groups is 1. The van der Waals surface area contributed by atoms with Gasteiger partial charge in [-0.3, -0.25) is 4.79 Å². The van der Waals surface area contributed by atoms with E-state index < -0.39 is 34.7 Å². The number of hydrogen-bond donors (Lipinski definition) is 2. The largest absolute Gasteiger partial charge is 0.491 e. The summed E-state index contributed by atoms with van der Waals surface area (Å²) in [5, 5.41) is 5.52. The smallest absolute Gasteiger partial charge is 0.254 e. The Labute approximate surface area is 166 Å². The highest BCUT2D eigenvalue weighted by Crippen LogP contribution is 2.27. The molecule has 2 aromatic rings. The topological polar surface area (TPSA) is 79.4 Å². The van der Waals surface area contributed by atoms with Crippen molar-refractivity contribution in [1.29, 1.82) is 0 Å². The fourth-order valence-electron chi connectivity index (χ4n) is 3.14. The van der Waals surface area contributed by atoms with Crippen LogP contribution in [0.3, 0.4) is 0 Å². The summed E-state index contributed by atoms with van der Waals surface area (Å²) in [4.78, 5) is 23.1. The lowest BCUT2D eigenvalue weighted by molar-refractivity contribution is 0.0949. The van der Waals surface area contributed by atoms with Gasteiger partial charge in [0.2, 0.25) is 5.82 Å². The first kappa shape index (κ1) is 20.7. The molecule has 0 unspecified atom stereocenters. The van der Waals surface area contributed by atoms with Crippen molar-refractivity contribution in [1.82, 2.24) is 15.3 Å². The lowest BCUT2D eigenvalue weighted by atomic mass is 10.1. The molecule has 1 aromatic carbocycles. The Morgan fingerprint density at radius 1 is 1.14 bits per heavy atom. The van der Waals surface area contributed by atoms with Crippen LogP contribution in [0.2, 0.25) is 0 Å². The maximum absolute atomic E-state index is 14.1. The molecule has 0 aliphatic carbocycles. The third-order valence-electron chi connectivity index (χ3n) is 4.54. The average Bonchev–Trinajstić information content (AvgIpc) is 3.23. The van der Waals surface area contributed by atoms with Crippen LogP contribution in [-0.4, -0.2) is 49.2 Å². The Morgan fingerprint density at radius 3 is 2.55 bits per heavy atom. The highest BCUT2D eigenvalue weighted by molar-refractivity contribution is 5.95. The van der Waals surface area contributed by atoms with Crippen LogP contribution in [0.15, 0.2) is 12.1 Å². The van der Waals surface area contributed by atoms with Gasteiger partial charge in [0.05, 0.1) is 12.7 Å². The number of benzene rings is 1. The summed E-state index contributed by atoms with van der Waals surface area (Å²) >= 11 is 0. The molecule has 0 saturated carbocycles. The number of halogens is 3. The molecule has 7 nitrogen and oxygen atoms in total. The van der Waals surface area contributed by atoms with Crippen molar-refractivity contribution in [2.75, 3.05) is 43.5 Å². The first-order valence-corrected chi connectivity index (χ1v) is 9.25. The van der Waals surface area contributed by atoms with Gasteiger partial charge >= 0.3 is 0 Å². The van der Waals surface area contributed by atoms with E-state index in [2.05, 4.69) is 30.2 Å². The molecule has 0 spiro atoms. The summed E-state index contributed by atoms with van der Waals surface area (Å²) in [6.07, 6.45) is 2.26. The molecule has 0 radical (unpaired) electrons. The van der Waals surface area contributed by atoms with Gasteiger partial charge in [0, 0.05) is 32.2 Å². The number of nitrogens with zero attached hydrogens (tertiary/aromatic N) is 3. The Balaban J connectivity index is 1.58. The first-order chi connectivity index (χ1) is 13.9. The zero-order chi connectivity index (χ0) is 21.0. The molecule has 1 fully saturated rings. The van der Waals surface area contributed by atoms with Crippen molar-refractivity contribution in [3.63, 3.8) is 0 Å². The van der Waals surface area contributed by atoms with Crippen LogP contribution in [0.1, 0.15) is 29.0 Å². The SMILES string of the molecule is COc1c(F)c(F)cc(C(=O)NCCNc2cc(N3CCCC3)nc(C)n2)c1F. The van der Waals surface area contributed by atoms with Gasteiger partial charge in [0.25, 0.3) is 5.91 Å². The van der Waals surface area contributed by atoms with Crippen molar-refractivity contribution in [3.8, 4) is 5.75 Å². The fraction of sp³-hybridized carbons (Fsp3) is 0.421. The molecule has 1 aliphatic rings. The molecule has 1 aromatic heterocycles. The monoisotopic (exact) mass is 409 g/mol. The zero-order valence-electron chi connectivity index (χ0n) is 16.2. The number of aromatic nitrogens is 2. The van der Waals surface area contributed by atoms with E-state index in [1.807, 2.05) is 6.07 Å². The van der Waals surface area contributed by atoms with Crippen molar-refractivity contribution in [3.05, 3.63) is 41.0 Å². The van der Waals surface area contributed by atoms with Crippen molar-refractivity contribution >= 4 is 17.5 Å². The van der Waals surface area contributed by atoms with Crippen LogP contribution < -0.4 is 20.3 Å². The summed E-state index contributed by atoms with van der Waals surface area (Å²) in [7, 11) is 0.993. The second-order valence-corrected chi connectivity index (χ2v) is 6.60. The molecule has 2 N–H and O–H groups in total. The standard InChI is InChI=1S/C19H22F3N5O2/c1-11-25-14(10-15(26-11)27-7-3-4-8-27)23-5-6-24-19(28)12-9-13(20)17(22)18(29-2)16(12)21/h9-10H,3-8H2,1-2H3,(H,24,28)(H,23,25,26). The van der Waals surface area contributed by atoms with Crippen LogP contribution in [-0.2, 0) is 0 Å². The van der Waals surface area contributed by atoms with Gasteiger partial charge in [-0.25, -0.2) is 18.7 Å². The van der Waals surface area contributed by atoms with E-state index in [9.17, 15) is 18.0 Å². The summed E-state index contributed by atoms with van der Waals surface area (Å²) in [5.41, 5.74) is -0.630. The Hall–Kier alpha value is -3.04. The second-order valence-electron chi connectivity index (χ2n) is 6.60. The van der Waals surface area contributed by atoms with Gasteiger partial charge in [-0.1, -0.05) is 0 Å². The molecule has 1 aliphatic heterocycles. The van der Waals surface area contributed by atoms with Gasteiger partial charge in [-0.15, -0.1) is 0 Å². The number of aryl methyl sites for hydroxylation is 1. The molecule has 0 bridgehead atoms. The van der Waals surface area contributed by atoms with E-state index in [1.54, 1.807) is 6.92 Å². The summed E-state index contributed by atoms with van der Waals surface area (Å²) in [5.74, 6) is -3.83. The minimum absolute atomic E-state index is 0.113. The van der Waals surface area contributed by atoms with E-state index in [-0.39, 0.29) is 6.54 Å². The predicted molar refractivity (Wildman–Crippen MR) is 102 cm³/mol. The second kappa shape index (κ2) is 8.97. The van der Waals surface area contributed by atoms with Gasteiger partial charge in [0.1, 0.15) is 17.5 Å². The molecule has 2 heterocycles. The van der Waals surface area contributed by atoms with Gasteiger partial charge in [-0.05, 0) is 25.8 Å². The van der Waals surface area contributed by atoms with Crippen LogP contribution in [0.25, 0.3) is 0 Å². The van der Waals surface area contributed by atoms with E-state index in [4.69, 9.17) is 0 Å². The third-order valence-corrected chi connectivity index (χ3v) is 4.54. The Bertz CT molecular complexity index is 904. The first-order valence-electron chi connectivity index (χ1n) is 9.25. The molecular weight excluding hydrogens is 387 g/mol. The maximum atomic E-state index is 14.1. The number of hydrogen-bond acceptors (Lipinski definition) is 6. The third kappa shape index (κ3) is 4.69. The fourth-order valence-corrected chi connectivity index (χ4v) is 3.14. The minimum Gasteiger partial charge on any atom is -0.491 e. The lowest BCUT2D eigenvalue weighted by Gasteiger charge is -2.18. The van der Waals surface area contributed by atoms with E-state index in [0.717, 1.165) is 38.9 Å². The molecule has 156 valence electrons. The number of methoxy groups -OCH3 is 1. The molecule has 3 rings (SSSR count). The highest BCUT2D eigenvalue weighted by atomic mass is 19.2. The Morgan fingerprint density at radius 2 is 1.86 bits per heavy atom. The lowest BCUT2D eigenvalue weighted by Crippen LogP contribution is -2.30. The van der Waals surface area contributed by atoms with Crippen molar-refractivity contribution in [2.45, 2.75) is 19.8 Å². The average molecular weight is 409 g/mol. The van der Waals surface area contributed by atoms with Crippen LogP contribution in [0.4, 0.5) is 24.8 Å². The van der Waals surface area contributed by atoms with Crippen LogP contribution in [0, 0.1) is 24.4 Å². The van der Waals surface area contributed by atoms with Crippen LogP contribution in [0.5, 0.6) is 5.75 Å². The van der Waals surface area contributed by atoms with Crippen molar-refractivity contribution in [2.24, 2.45) is 0 Å². The maximum Gasteiger partial charge on any atom is 0.254 e. The number of ether oxygens (including phenoxy) is 1. The number of nitrogens with one attached hydrogen (secondary N) is 2. The normalized spacial score (nSPS) is 13.5. The molecule has 29 heavy (non-hydrogen) atoms. The highest BCUT2D eigenvalue weighted by Gasteiger charge is 2.23. The zero-order valence-corrected chi connectivity index (χ0v) is 16.2. The molecule has 10 heteroatoms. The summed E-state index contributed by atoms with van der Waals surface area (Å²) in [6.45, 7) is 4.11. The quantitative estimate of drug-likeness (QED) is 0.541. The van der Waals surface area contributed by atoms with Gasteiger partial charge in [-0.2, -0.15) is 4.39 Å². The van der Waals surface area contributed by atoms with E-state index in [0.29, 0.717) is 24.3 Å². The molecule has 1 saturated heterocycles. The number of amides is 1. The van der Waals surface area contributed by atoms with Crippen LogP contribution >= 0.6 is 0 Å². The minimum atomic E-state index is -1.48. The van der Waals surface area contributed by atoms with Gasteiger partial charge in [0.15, 0.2) is 17.4 Å².